The lowest BCUT2D eigenvalue weighted by Crippen LogP contribution is -2.34. The third kappa shape index (κ3) is 6.09. The largest absolute Gasteiger partial charge is 0.486 e. The van der Waals surface area contributed by atoms with E-state index in [1.165, 1.54) is 18.2 Å². The summed E-state index contributed by atoms with van der Waals surface area (Å²) in [6, 6.07) is 21.0. The van der Waals surface area contributed by atoms with Gasteiger partial charge in [0.2, 0.25) is 0 Å². The number of thiazole rings is 1. The van der Waals surface area contributed by atoms with E-state index in [9.17, 15) is 28.0 Å². The molecule has 0 bridgehead atoms. The maximum absolute atomic E-state index is 14.2. The molecule has 0 N–H and O–H groups in total. The highest BCUT2D eigenvalue weighted by Crippen LogP contribution is 2.36. The number of ketones is 1. The minimum atomic E-state index is -4.82. The van der Waals surface area contributed by atoms with E-state index in [4.69, 9.17) is 14.6 Å². The molecule has 3 heterocycles. The average Bonchev–Trinajstić information content (AvgIpc) is 3.61. The van der Waals surface area contributed by atoms with Crippen molar-refractivity contribution in [2.24, 2.45) is 5.41 Å². The van der Waals surface area contributed by atoms with Gasteiger partial charge in [-0.15, -0.1) is 11.3 Å². The quantitative estimate of drug-likeness (QED) is 0.242. The smallest absolute Gasteiger partial charge is 0.418 e. The van der Waals surface area contributed by atoms with Crippen LogP contribution >= 0.6 is 11.3 Å². The second kappa shape index (κ2) is 12.1. The molecule has 1 aliphatic rings. The van der Waals surface area contributed by atoms with Gasteiger partial charge in [-0.1, -0.05) is 51.1 Å². The molecule has 0 saturated carbocycles. The van der Waals surface area contributed by atoms with Gasteiger partial charge >= 0.3 is 6.18 Å². The lowest BCUT2D eigenvalue weighted by Gasteiger charge is -2.18. The van der Waals surface area contributed by atoms with Gasteiger partial charge in [0, 0.05) is 22.7 Å². The molecule has 0 unspecified atom stereocenters. The summed E-state index contributed by atoms with van der Waals surface area (Å²) in [5, 5.41) is 14.9. The summed E-state index contributed by atoms with van der Waals surface area (Å²) in [4.78, 5) is 27.6. The summed E-state index contributed by atoms with van der Waals surface area (Å²) >= 11 is 0.770. The van der Waals surface area contributed by atoms with Crippen LogP contribution in [-0.4, -0.2) is 33.3 Å². The molecule has 2 aromatic heterocycles. The molecule has 8 nitrogen and oxygen atoms in total. The minimum Gasteiger partial charge on any atom is -0.486 e. The topological polar surface area (TPSA) is 99.1 Å². The second-order valence-electron chi connectivity index (χ2n) is 11.7. The van der Waals surface area contributed by atoms with Crippen molar-refractivity contribution < 1.29 is 27.4 Å². The molecular formula is C35H27F3N4O4S. The van der Waals surface area contributed by atoms with Gasteiger partial charge in [-0.05, 0) is 48.5 Å². The monoisotopic (exact) mass is 656 g/mol. The fourth-order valence-corrected chi connectivity index (χ4v) is 6.20. The van der Waals surface area contributed by atoms with Crippen LogP contribution in [0.1, 0.15) is 31.9 Å². The number of nitrogens with zero attached hydrogens (tertiary/aromatic N) is 4. The van der Waals surface area contributed by atoms with Crippen molar-refractivity contribution in [1.29, 1.82) is 5.26 Å². The van der Waals surface area contributed by atoms with E-state index >= 15 is 0 Å². The number of nitriles is 1. The molecule has 6 rings (SSSR count). The summed E-state index contributed by atoms with van der Waals surface area (Å²) in [6.45, 7) is 5.57. The maximum Gasteiger partial charge on any atom is 0.418 e. The molecule has 0 amide bonds. The number of carbonyl (C=O) groups excluding carboxylic acids is 1. The van der Waals surface area contributed by atoms with Crippen molar-refractivity contribution in [2.45, 2.75) is 26.9 Å². The lowest BCUT2D eigenvalue weighted by atomic mass is 9.87. The number of halogens is 3. The molecule has 3 aromatic carbocycles. The number of fused-ring (bicyclic) bond motifs is 1. The van der Waals surface area contributed by atoms with E-state index < -0.39 is 39.8 Å². The van der Waals surface area contributed by atoms with Gasteiger partial charge in [-0.3, -0.25) is 14.2 Å². The van der Waals surface area contributed by atoms with Crippen molar-refractivity contribution in [3.05, 3.63) is 110 Å². The van der Waals surface area contributed by atoms with Gasteiger partial charge in [-0.25, -0.2) is 4.68 Å². The number of aromatic nitrogens is 3. The molecule has 0 radical (unpaired) electrons. The molecular weight excluding hydrogens is 629 g/mol. The SMILES string of the molecule is CC(C)(C)C(=O)/C(C#N)=c1/s/c(=C\c2cn(-c3ccccc3)nc2-c2ccc3c(c2)OCCO3)c(=O)n1-c1ccccc1C(F)(F)F. The van der Waals surface area contributed by atoms with Crippen molar-refractivity contribution >= 4 is 28.8 Å². The Labute approximate surface area is 270 Å². The molecule has 238 valence electrons. The normalized spacial score (nSPS) is 14.1. The predicted molar refractivity (Wildman–Crippen MR) is 171 cm³/mol. The molecule has 0 aliphatic carbocycles. The van der Waals surface area contributed by atoms with Gasteiger partial charge in [0.25, 0.3) is 5.56 Å². The molecule has 47 heavy (non-hydrogen) atoms. The van der Waals surface area contributed by atoms with Gasteiger partial charge in [0.15, 0.2) is 17.3 Å². The number of ether oxygens (including phenoxy) is 2. The predicted octanol–water partition coefficient (Wildman–Crippen LogP) is 5.66. The zero-order chi connectivity index (χ0) is 33.5. The highest BCUT2D eigenvalue weighted by atomic mass is 32.1. The van der Waals surface area contributed by atoms with Crippen molar-refractivity contribution in [2.75, 3.05) is 13.2 Å². The van der Waals surface area contributed by atoms with Crippen LogP contribution in [0.4, 0.5) is 13.2 Å². The van der Waals surface area contributed by atoms with Crippen LogP contribution in [0.25, 0.3) is 34.3 Å². The molecule has 0 fully saturated rings. The molecule has 0 spiro atoms. The van der Waals surface area contributed by atoms with E-state index in [1.807, 2.05) is 36.4 Å². The van der Waals surface area contributed by atoms with E-state index in [1.54, 1.807) is 49.8 Å². The van der Waals surface area contributed by atoms with Gasteiger partial charge in [0.1, 0.15) is 35.2 Å². The van der Waals surface area contributed by atoms with E-state index in [2.05, 4.69) is 0 Å². The first-order valence-corrected chi connectivity index (χ1v) is 15.3. The Hall–Kier alpha value is -5.41. The van der Waals surface area contributed by atoms with Crippen LogP contribution in [0.5, 0.6) is 11.5 Å². The Morgan fingerprint density at radius 3 is 2.34 bits per heavy atom. The number of alkyl halides is 3. The molecule has 0 saturated heterocycles. The minimum absolute atomic E-state index is 0.00200. The third-order valence-electron chi connectivity index (χ3n) is 7.37. The van der Waals surface area contributed by atoms with E-state index in [0.717, 1.165) is 33.7 Å². The summed E-state index contributed by atoms with van der Waals surface area (Å²) in [6.07, 6.45) is -1.61. The zero-order valence-corrected chi connectivity index (χ0v) is 26.3. The molecule has 0 atom stereocenters. The number of hydrogen-bond acceptors (Lipinski definition) is 7. The van der Waals surface area contributed by atoms with E-state index in [-0.39, 0.29) is 9.20 Å². The fourth-order valence-electron chi connectivity index (χ4n) is 5.11. The molecule has 1 aliphatic heterocycles. The van der Waals surface area contributed by atoms with Crippen LogP contribution < -0.4 is 24.2 Å². The highest BCUT2D eigenvalue weighted by molar-refractivity contribution is 7.07. The first kappa shape index (κ1) is 31.6. The van der Waals surface area contributed by atoms with Gasteiger partial charge in [0.05, 0.1) is 21.5 Å². The fraction of sp³-hybridized carbons (Fsp3) is 0.200. The zero-order valence-electron chi connectivity index (χ0n) is 25.5. The highest BCUT2D eigenvalue weighted by Gasteiger charge is 2.35. The van der Waals surface area contributed by atoms with Crippen LogP contribution in [0, 0.1) is 16.7 Å². The second-order valence-corrected chi connectivity index (χ2v) is 12.7. The Bertz CT molecular complexity index is 2240. The number of Topliss-reactive ketones (excluding diaryl/α,β-unsaturated/α-hetero) is 1. The first-order valence-electron chi connectivity index (χ1n) is 14.5. The van der Waals surface area contributed by atoms with Crippen molar-refractivity contribution in [3.63, 3.8) is 0 Å². The Morgan fingerprint density at radius 2 is 1.66 bits per heavy atom. The first-order chi connectivity index (χ1) is 22.4. The number of rotatable bonds is 5. The number of benzene rings is 3. The summed E-state index contributed by atoms with van der Waals surface area (Å²) in [7, 11) is 0. The van der Waals surface area contributed by atoms with Crippen LogP contribution in [0.15, 0.2) is 83.8 Å². The van der Waals surface area contributed by atoms with Crippen molar-refractivity contribution in [1.82, 2.24) is 14.3 Å². The Morgan fingerprint density at radius 1 is 0.979 bits per heavy atom. The molecule has 5 aromatic rings. The summed E-state index contributed by atoms with van der Waals surface area (Å²) in [5.74, 6) is 0.484. The van der Waals surface area contributed by atoms with Crippen LogP contribution in [-0.2, 0) is 11.0 Å². The van der Waals surface area contributed by atoms with Crippen LogP contribution in [0.2, 0.25) is 0 Å². The summed E-state index contributed by atoms with van der Waals surface area (Å²) < 4.78 is 56.3. The van der Waals surface area contributed by atoms with Gasteiger partial charge < -0.3 is 9.47 Å². The average molecular weight is 657 g/mol. The number of para-hydroxylation sites is 2. The third-order valence-corrected chi connectivity index (χ3v) is 8.47. The Kier molecular flexibility index (Phi) is 8.11. The lowest BCUT2D eigenvalue weighted by molar-refractivity contribution is -0.137. The Balaban J connectivity index is 1.67. The summed E-state index contributed by atoms with van der Waals surface area (Å²) in [5.41, 5.74) is -1.57. The number of carbonyl (C=O) groups is 1. The number of hydrogen-bond donors (Lipinski definition) is 0. The maximum atomic E-state index is 14.2. The van der Waals surface area contributed by atoms with E-state index in [0.29, 0.717) is 41.5 Å². The van der Waals surface area contributed by atoms with Crippen molar-refractivity contribution in [3.8, 4) is 40.2 Å². The van der Waals surface area contributed by atoms with Gasteiger partial charge in [-0.2, -0.15) is 23.5 Å². The standard InChI is InChI=1S/C35H27F3N4O4S/c1-34(2,3)31(43)24(19-39)33-42(26-12-8-7-11-25(26)35(36,37)38)32(44)29(47-33)18-22-20-41(23-9-5-4-6-10-23)40-30(22)21-13-14-27-28(17-21)46-16-15-45-27/h4-14,17-18,20H,15-16H2,1-3H3/b29-18-,33-24+. The van der Waals surface area contributed by atoms with Crippen LogP contribution in [0.3, 0.4) is 0 Å². The molecule has 12 heteroatoms.